The molecule has 164 valence electrons. The highest BCUT2D eigenvalue weighted by atomic mass is 16.5. The Morgan fingerprint density at radius 3 is 2.68 bits per heavy atom. The fourth-order valence-corrected chi connectivity index (χ4v) is 5.45. The fraction of sp³-hybridized carbons (Fsp3) is 0.520. The molecule has 3 aliphatic rings. The standard InChI is InChI=1S/C25H31N3O3/c1-18-6-2-3-7-23(18)31-17-24(29)27-13-19-12-21(16-27)22-9-8-20(25(30)28(22)14-19)15-26-10-4-5-11-26/h2-3,6-9,19,21H,4-5,10-17H2,1H3/t19-,21+/m0/s1. The van der Waals surface area contributed by atoms with Gasteiger partial charge in [-0.1, -0.05) is 24.3 Å². The van der Waals surface area contributed by atoms with Gasteiger partial charge in [-0.2, -0.15) is 0 Å². The lowest BCUT2D eigenvalue weighted by molar-refractivity contribution is -0.136. The molecule has 0 radical (unpaired) electrons. The number of nitrogens with zero attached hydrogens (tertiary/aromatic N) is 3. The summed E-state index contributed by atoms with van der Waals surface area (Å²) in [6.45, 7) is 7.06. The highest BCUT2D eigenvalue weighted by Crippen LogP contribution is 2.35. The third kappa shape index (κ3) is 4.13. The van der Waals surface area contributed by atoms with E-state index in [-0.39, 0.29) is 24.0 Å². The van der Waals surface area contributed by atoms with Crippen LogP contribution in [0.5, 0.6) is 5.75 Å². The number of hydrogen-bond acceptors (Lipinski definition) is 4. The van der Waals surface area contributed by atoms with Crippen molar-refractivity contribution in [3.63, 3.8) is 0 Å². The number of pyridine rings is 1. The third-order valence-corrected chi connectivity index (χ3v) is 7.07. The van der Waals surface area contributed by atoms with Crippen LogP contribution < -0.4 is 10.3 Å². The molecular weight excluding hydrogens is 390 g/mol. The Labute approximate surface area is 183 Å². The van der Waals surface area contributed by atoms with Crippen molar-refractivity contribution in [2.24, 2.45) is 5.92 Å². The molecule has 6 heteroatoms. The number of hydrogen-bond donors (Lipinski definition) is 0. The number of likely N-dealkylation sites (tertiary alicyclic amines) is 2. The Morgan fingerprint density at radius 1 is 1.06 bits per heavy atom. The molecule has 31 heavy (non-hydrogen) atoms. The number of para-hydroxylation sites is 1. The molecule has 6 nitrogen and oxygen atoms in total. The van der Waals surface area contributed by atoms with Gasteiger partial charge in [0.05, 0.1) is 0 Å². The number of piperidine rings is 1. The van der Waals surface area contributed by atoms with Crippen LogP contribution in [-0.4, -0.2) is 53.1 Å². The van der Waals surface area contributed by atoms with Gasteiger partial charge in [-0.05, 0) is 62.9 Å². The predicted octanol–water partition coefficient (Wildman–Crippen LogP) is 2.78. The molecule has 2 atom stereocenters. The zero-order chi connectivity index (χ0) is 21.4. The molecule has 1 aromatic carbocycles. The first-order valence-electron chi connectivity index (χ1n) is 11.5. The Morgan fingerprint density at radius 2 is 1.87 bits per heavy atom. The van der Waals surface area contributed by atoms with Crippen molar-refractivity contribution in [3.8, 4) is 5.75 Å². The quantitative estimate of drug-likeness (QED) is 0.745. The molecular formula is C25H31N3O3. The topological polar surface area (TPSA) is 54.8 Å². The van der Waals surface area contributed by atoms with Crippen LogP contribution >= 0.6 is 0 Å². The lowest BCUT2D eigenvalue weighted by Gasteiger charge is -2.43. The second-order valence-electron chi connectivity index (χ2n) is 9.33. The van der Waals surface area contributed by atoms with Gasteiger partial charge >= 0.3 is 0 Å². The fourth-order valence-electron chi connectivity index (χ4n) is 5.45. The molecule has 0 aliphatic carbocycles. The van der Waals surface area contributed by atoms with Crippen LogP contribution in [0.2, 0.25) is 0 Å². The van der Waals surface area contributed by atoms with Gasteiger partial charge in [-0.15, -0.1) is 0 Å². The summed E-state index contributed by atoms with van der Waals surface area (Å²) < 4.78 is 7.79. The largest absolute Gasteiger partial charge is 0.484 e. The number of carbonyl (C=O) groups excluding carboxylic acids is 1. The smallest absolute Gasteiger partial charge is 0.260 e. The maximum Gasteiger partial charge on any atom is 0.260 e. The van der Waals surface area contributed by atoms with E-state index in [9.17, 15) is 9.59 Å². The highest BCUT2D eigenvalue weighted by Gasteiger charge is 2.36. The number of amides is 1. The summed E-state index contributed by atoms with van der Waals surface area (Å²) in [7, 11) is 0. The second-order valence-corrected chi connectivity index (χ2v) is 9.33. The highest BCUT2D eigenvalue weighted by molar-refractivity contribution is 5.78. The Hall–Kier alpha value is -2.60. The van der Waals surface area contributed by atoms with E-state index in [0.29, 0.717) is 25.6 Å². The van der Waals surface area contributed by atoms with Crippen LogP contribution in [-0.2, 0) is 17.9 Å². The van der Waals surface area contributed by atoms with E-state index in [1.54, 1.807) is 0 Å². The monoisotopic (exact) mass is 421 g/mol. The molecule has 2 bridgehead atoms. The molecule has 4 heterocycles. The Kier molecular flexibility index (Phi) is 5.57. The molecule has 2 aromatic rings. The average molecular weight is 422 g/mol. The number of benzene rings is 1. The molecule has 2 fully saturated rings. The van der Waals surface area contributed by atoms with Crippen molar-refractivity contribution in [3.05, 3.63) is 63.6 Å². The van der Waals surface area contributed by atoms with Crippen LogP contribution in [0.4, 0.5) is 0 Å². The molecule has 0 saturated carbocycles. The van der Waals surface area contributed by atoms with Crippen LogP contribution in [0.25, 0.3) is 0 Å². The molecule has 3 aliphatic heterocycles. The summed E-state index contributed by atoms with van der Waals surface area (Å²) in [6, 6.07) is 11.9. The number of ether oxygens (including phenoxy) is 1. The number of fused-ring (bicyclic) bond motifs is 4. The van der Waals surface area contributed by atoms with E-state index >= 15 is 0 Å². The molecule has 1 aromatic heterocycles. The van der Waals surface area contributed by atoms with E-state index in [4.69, 9.17) is 4.74 Å². The minimum Gasteiger partial charge on any atom is -0.484 e. The number of aromatic nitrogens is 1. The van der Waals surface area contributed by atoms with Crippen molar-refractivity contribution in [2.75, 3.05) is 32.8 Å². The van der Waals surface area contributed by atoms with Gasteiger partial charge in [0.25, 0.3) is 11.5 Å². The maximum absolute atomic E-state index is 13.2. The van der Waals surface area contributed by atoms with Crippen LogP contribution in [0.15, 0.2) is 41.2 Å². The molecule has 0 spiro atoms. The molecule has 1 amide bonds. The lowest BCUT2D eigenvalue weighted by atomic mass is 9.83. The minimum absolute atomic E-state index is 0.0272. The van der Waals surface area contributed by atoms with Crippen LogP contribution in [0.1, 0.15) is 42.0 Å². The van der Waals surface area contributed by atoms with Crippen molar-refractivity contribution < 1.29 is 9.53 Å². The van der Waals surface area contributed by atoms with Gasteiger partial charge in [-0.25, -0.2) is 0 Å². The molecule has 0 N–H and O–H groups in total. The summed E-state index contributed by atoms with van der Waals surface area (Å²) >= 11 is 0. The molecule has 2 saturated heterocycles. The number of aryl methyl sites for hydroxylation is 1. The van der Waals surface area contributed by atoms with Gasteiger partial charge in [0, 0.05) is 43.4 Å². The average Bonchev–Trinajstić information content (AvgIpc) is 3.28. The summed E-state index contributed by atoms with van der Waals surface area (Å²) in [5, 5.41) is 0. The first-order valence-corrected chi connectivity index (χ1v) is 11.5. The first-order chi connectivity index (χ1) is 15.1. The molecule has 5 rings (SSSR count). The van der Waals surface area contributed by atoms with Crippen LogP contribution in [0.3, 0.4) is 0 Å². The van der Waals surface area contributed by atoms with E-state index in [1.807, 2.05) is 46.7 Å². The zero-order valence-corrected chi connectivity index (χ0v) is 18.3. The van der Waals surface area contributed by atoms with Crippen molar-refractivity contribution in [1.82, 2.24) is 14.4 Å². The Bertz CT molecular complexity index is 1020. The van der Waals surface area contributed by atoms with Crippen molar-refractivity contribution >= 4 is 5.91 Å². The normalized spacial score (nSPS) is 22.9. The van der Waals surface area contributed by atoms with E-state index in [1.165, 1.54) is 12.8 Å². The van der Waals surface area contributed by atoms with Crippen molar-refractivity contribution in [1.29, 1.82) is 0 Å². The number of carbonyl (C=O) groups is 1. The van der Waals surface area contributed by atoms with Crippen molar-refractivity contribution in [2.45, 2.75) is 45.2 Å². The van der Waals surface area contributed by atoms with E-state index in [0.717, 1.165) is 48.6 Å². The lowest BCUT2D eigenvalue weighted by Crippen LogP contribution is -2.50. The maximum atomic E-state index is 13.2. The Balaban J connectivity index is 1.28. The van der Waals surface area contributed by atoms with Crippen LogP contribution in [0, 0.1) is 12.8 Å². The van der Waals surface area contributed by atoms with Gasteiger partial charge in [0.2, 0.25) is 0 Å². The van der Waals surface area contributed by atoms with E-state index in [2.05, 4.69) is 11.0 Å². The first kappa shape index (κ1) is 20.3. The SMILES string of the molecule is Cc1ccccc1OCC(=O)N1C[C@@H]2C[C@H](C1)c1ccc(CN3CCCC3)c(=O)n1C2. The van der Waals surface area contributed by atoms with Gasteiger partial charge < -0.3 is 14.2 Å². The predicted molar refractivity (Wildman–Crippen MR) is 119 cm³/mol. The molecule has 0 unspecified atom stereocenters. The third-order valence-electron chi connectivity index (χ3n) is 7.07. The second kappa shape index (κ2) is 8.50. The van der Waals surface area contributed by atoms with Gasteiger partial charge in [-0.3, -0.25) is 14.5 Å². The number of rotatable bonds is 5. The minimum atomic E-state index is 0.0272. The van der Waals surface area contributed by atoms with Gasteiger partial charge in [0.1, 0.15) is 5.75 Å². The summed E-state index contributed by atoms with van der Waals surface area (Å²) in [5.74, 6) is 1.34. The summed E-state index contributed by atoms with van der Waals surface area (Å²) in [4.78, 5) is 30.4. The zero-order valence-electron chi connectivity index (χ0n) is 18.3. The summed E-state index contributed by atoms with van der Waals surface area (Å²) in [5.41, 5.74) is 3.19. The summed E-state index contributed by atoms with van der Waals surface area (Å²) in [6.07, 6.45) is 3.51. The van der Waals surface area contributed by atoms with Gasteiger partial charge in [0.15, 0.2) is 6.61 Å². The van der Waals surface area contributed by atoms with E-state index < -0.39 is 0 Å².